The molecule has 0 saturated heterocycles. The Labute approximate surface area is 88.1 Å². The summed E-state index contributed by atoms with van der Waals surface area (Å²) >= 11 is 1.79. The molecule has 0 unspecified atom stereocenters. The first-order chi connectivity index (χ1) is 6.84. The zero-order valence-corrected chi connectivity index (χ0v) is 8.88. The van der Waals surface area contributed by atoms with E-state index in [4.69, 9.17) is 4.42 Å². The van der Waals surface area contributed by atoms with Gasteiger partial charge in [0.05, 0.1) is 12.0 Å². The first-order valence-corrected chi connectivity index (χ1v) is 5.55. The highest BCUT2D eigenvalue weighted by Crippen LogP contribution is 2.22. The van der Waals surface area contributed by atoms with Crippen molar-refractivity contribution in [1.29, 1.82) is 0 Å². The van der Waals surface area contributed by atoms with Crippen molar-refractivity contribution in [3.63, 3.8) is 0 Å². The molecule has 2 rings (SSSR count). The first-order valence-electron chi connectivity index (χ1n) is 4.56. The molecule has 0 fully saturated rings. The molecule has 72 valence electrons. The predicted octanol–water partition coefficient (Wildman–Crippen LogP) is 3.88. The summed E-state index contributed by atoms with van der Waals surface area (Å²) in [6, 6.07) is 12.5. The van der Waals surface area contributed by atoms with E-state index in [0.717, 1.165) is 11.5 Å². The van der Waals surface area contributed by atoms with Crippen LogP contribution in [0.25, 0.3) is 0 Å². The van der Waals surface area contributed by atoms with Crippen molar-refractivity contribution in [3.8, 4) is 0 Å². The Morgan fingerprint density at radius 3 is 2.57 bits per heavy atom. The van der Waals surface area contributed by atoms with E-state index in [1.54, 1.807) is 18.0 Å². The molecular formula is C12H12OS. The molecule has 2 aromatic rings. The first kappa shape index (κ1) is 9.41. The number of aryl methyl sites for hydroxylation is 1. The Hall–Kier alpha value is -1.15. The Bertz CT molecular complexity index is 375. The summed E-state index contributed by atoms with van der Waals surface area (Å²) in [5.74, 6) is 1.92. The van der Waals surface area contributed by atoms with Gasteiger partial charge in [-0.05, 0) is 31.2 Å². The van der Waals surface area contributed by atoms with Crippen molar-refractivity contribution in [2.45, 2.75) is 17.6 Å². The lowest BCUT2D eigenvalue weighted by atomic mass is 10.2. The van der Waals surface area contributed by atoms with E-state index in [0.29, 0.717) is 0 Å². The highest BCUT2D eigenvalue weighted by molar-refractivity contribution is 7.98. The van der Waals surface area contributed by atoms with Crippen LogP contribution in [0.1, 0.15) is 11.3 Å². The van der Waals surface area contributed by atoms with Crippen LogP contribution in [0.4, 0.5) is 0 Å². The van der Waals surface area contributed by atoms with Crippen LogP contribution in [0.15, 0.2) is 52.0 Å². The number of benzene rings is 1. The van der Waals surface area contributed by atoms with E-state index in [9.17, 15) is 0 Å². The lowest BCUT2D eigenvalue weighted by Crippen LogP contribution is -1.76. The monoisotopic (exact) mass is 204 g/mol. The summed E-state index contributed by atoms with van der Waals surface area (Å²) in [4.78, 5) is 1.28. The quantitative estimate of drug-likeness (QED) is 0.704. The molecule has 2 heteroatoms. The molecular weight excluding hydrogens is 192 g/mol. The summed E-state index contributed by atoms with van der Waals surface area (Å²) in [6.45, 7) is 2.10. The van der Waals surface area contributed by atoms with Crippen LogP contribution in [0.3, 0.4) is 0 Å². The molecule has 0 aliphatic heterocycles. The van der Waals surface area contributed by atoms with Crippen LogP contribution in [-0.4, -0.2) is 0 Å². The highest BCUT2D eigenvalue weighted by Gasteiger charge is 1.97. The minimum Gasteiger partial charge on any atom is -0.468 e. The minimum absolute atomic E-state index is 0.899. The smallest absolute Gasteiger partial charge is 0.113 e. The van der Waals surface area contributed by atoms with Gasteiger partial charge in [-0.3, -0.25) is 0 Å². The minimum atomic E-state index is 0.899. The third-order valence-corrected chi connectivity index (χ3v) is 3.02. The SMILES string of the molecule is Cc1ccc(SCc2ccco2)cc1. The van der Waals surface area contributed by atoms with Gasteiger partial charge in [0.2, 0.25) is 0 Å². The van der Waals surface area contributed by atoms with Crippen molar-refractivity contribution in [3.05, 3.63) is 54.0 Å². The summed E-state index contributed by atoms with van der Waals surface area (Å²) in [6.07, 6.45) is 1.71. The van der Waals surface area contributed by atoms with E-state index in [1.807, 2.05) is 12.1 Å². The zero-order chi connectivity index (χ0) is 9.80. The van der Waals surface area contributed by atoms with Gasteiger partial charge in [-0.1, -0.05) is 17.7 Å². The Morgan fingerprint density at radius 2 is 1.93 bits per heavy atom. The van der Waals surface area contributed by atoms with Crippen LogP contribution >= 0.6 is 11.8 Å². The second-order valence-corrected chi connectivity index (χ2v) is 4.23. The zero-order valence-electron chi connectivity index (χ0n) is 8.07. The van der Waals surface area contributed by atoms with Crippen LogP contribution in [-0.2, 0) is 5.75 Å². The fraction of sp³-hybridized carbons (Fsp3) is 0.167. The second-order valence-electron chi connectivity index (χ2n) is 3.18. The molecule has 0 atom stereocenters. The van der Waals surface area contributed by atoms with Gasteiger partial charge in [0, 0.05) is 4.90 Å². The maximum Gasteiger partial charge on any atom is 0.113 e. The van der Waals surface area contributed by atoms with Crippen LogP contribution in [0, 0.1) is 6.92 Å². The Morgan fingerprint density at radius 1 is 1.14 bits per heavy atom. The largest absolute Gasteiger partial charge is 0.468 e. The fourth-order valence-electron chi connectivity index (χ4n) is 1.18. The molecule has 0 spiro atoms. The molecule has 1 nitrogen and oxygen atoms in total. The molecule has 1 aromatic carbocycles. The second kappa shape index (κ2) is 4.38. The van der Waals surface area contributed by atoms with Gasteiger partial charge in [-0.2, -0.15) is 0 Å². The average Bonchev–Trinajstić information content (AvgIpc) is 2.70. The molecule has 14 heavy (non-hydrogen) atoms. The third-order valence-electron chi connectivity index (χ3n) is 1.98. The Kier molecular flexibility index (Phi) is 2.94. The average molecular weight is 204 g/mol. The van der Waals surface area contributed by atoms with E-state index in [2.05, 4.69) is 31.2 Å². The Balaban J connectivity index is 1.95. The topological polar surface area (TPSA) is 13.1 Å². The molecule has 0 aliphatic carbocycles. The summed E-state index contributed by atoms with van der Waals surface area (Å²) in [5.41, 5.74) is 1.30. The van der Waals surface area contributed by atoms with Crippen molar-refractivity contribution in [1.82, 2.24) is 0 Å². The molecule has 0 amide bonds. The normalized spacial score (nSPS) is 10.4. The summed E-state index contributed by atoms with van der Waals surface area (Å²) in [5, 5.41) is 0. The molecule has 0 saturated carbocycles. The standard InChI is InChI=1S/C12H12OS/c1-10-4-6-12(7-5-10)14-9-11-3-2-8-13-11/h2-8H,9H2,1H3. The van der Waals surface area contributed by atoms with E-state index in [1.165, 1.54) is 10.5 Å². The van der Waals surface area contributed by atoms with Crippen molar-refractivity contribution in [2.75, 3.05) is 0 Å². The van der Waals surface area contributed by atoms with E-state index >= 15 is 0 Å². The molecule has 0 radical (unpaired) electrons. The van der Waals surface area contributed by atoms with Gasteiger partial charge in [0.25, 0.3) is 0 Å². The van der Waals surface area contributed by atoms with Gasteiger partial charge < -0.3 is 4.42 Å². The lowest BCUT2D eigenvalue weighted by molar-refractivity contribution is 0.530. The van der Waals surface area contributed by atoms with E-state index in [-0.39, 0.29) is 0 Å². The number of hydrogen-bond acceptors (Lipinski definition) is 2. The van der Waals surface area contributed by atoms with Crippen molar-refractivity contribution < 1.29 is 4.42 Å². The molecule has 0 N–H and O–H groups in total. The van der Waals surface area contributed by atoms with Gasteiger partial charge in [-0.25, -0.2) is 0 Å². The fourth-order valence-corrected chi connectivity index (χ4v) is 1.99. The van der Waals surface area contributed by atoms with Crippen LogP contribution < -0.4 is 0 Å². The van der Waals surface area contributed by atoms with Gasteiger partial charge >= 0.3 is 0 Å². The maximum absolute atomic E-state index is 5.26. The lowest BCUT2D eigenvalue weighted by Gasteiger charge is -1.99. The van der Waals surface area contributed by atoms with Crippen molar-refractivity contribution >= 4 is 11.8 Å². The number of rotatable bonds is 3. The number of furan rings is 1. The van der Waals surface area contributed by atoms with Crippen LogP contribution in [0.2, 0.25) is 0 Å². The number of hydrogen-bond donors (Lipinski definition) is 0. The number of thioether (sulfide) groups is 1. The molecule has 0 bridgehead atoms. The van der Waals surface area contributed by atoms with Gasteiger partial charge in [0.1, 0.15) is 5.76 Å². The highest BCUT2D eigenvalue weighted by atomic mass is 32.2. The van der Waals surface area contributed by atoms with Crippen molar-refractivity contribution in [2.24, 2.45) is 0 Å². The predicted molar refractivity (Wildman–Crippen MR) is 59.4 cm³/mol. The maximum atomic E-state index is 5.26. The summed E-state index contributed by atoms with van der Waals surface area (Å²) < 4.78 is 5.26. The van der Waals surface area contributed by atoms with E-state index < -0.39 is 0 Å². The molecule has 1 heterocycles. The molecule has 1 aromatic heterocycles. The summed E-state index contributed by atoms with van der Waals surface area (Å²) in [7, 11) is 0. The van der Waals surface area contributed by atoms with Gasteiger partial charge in [0.15, 0.2) is 0 Å². The molecule has 0 aliphatic rings. The van der Waals surface area contributed by atoms with Crippen LogP contribution in [0.5, 0.6) is 0 Å². The third kappa shape index (κ3) is 2.42. The van der Waals surface area contributed by atoms with Gasteiger partial charge in [-0.15, -0.1) is 11.8 Å².